The second-order valence-corrected chi connectivity index (χ2v) is 2.49. The number of aromatic carboxylic acids is 1. The van der Waals surface area contributed by atoms with Gasteiger partial charge in [0.05, 0.1) is 5.69 Å². The fourth-order valence-electron chi connectivity index (χ4n) is 1.12. The van der Waals surface area contributed by atoms with E-state index in [9.17, 15) is 4.79 Å². The van der Waals surface area contributed by atoms with Crippen LogP contribution in [0.3, 0.4) is 0 Å². The molecule has 5 heteroatoms. The molecule has 0 saturated heterocycles. The quantitative estimate of drug-likeness (QED) is 0.778. The van der Waals surface area contributed by atoms with E-state index in [4.69, 9.17) is 5.11 Å². The summed E-state index contributed by atoms with van der Waals surface area (Å²) < 4.78 is 0. The molecule has 0 spiro atoms. The summed E-state index contributed by atoms with van der Waals surface area (Å²) in [5, 5.41) is 9.44. The van der Waals surface area contributed by atoms with Gasteiger partial charge in [0.1, 0.15) is 0 Å². The maximum atomic E-state index is 10.5. The number of aromatic amines is 1. The summed E-state index contributed by atoms with van der Waals surface area (Å²) >= 11 is 0. The Morgan fingerprint density at radius 1 is 1.43 bits per heavy atom. The van der Waals surface area contributed by atoms with Gasteiger partial charge in [-0.25, -0.2) is 4.79 Å². The van der Waals surface area contributed by atoms with Gasteiger partial charge in [0.25, 0.3) is 0 Å². The van der Waals surface area contributed by atoms with Gasteiger partial charge in [-0.05, 0) is 5.52 Å². The topological polar surface area (TPSA) is 53.1 Å². The molecule has 0 fully saturated rings. The third kappa shape index (κ3) is 2.96. The van der Waals surface area contributed by atoms with E-state index in [1.807, 2.05) is 12.1 Å². The molecule has 2 N–H and O–H groups in total. The summed E-state index contributed by atoms with van der Waals surface area (Å²) in [4.78, 5) is 13.3. The van der Waals surface area contributed by atoms with Gasteiger partial charge in [-0.3, -0.25) is 0 Å². The van der Waals surface area contributed by atoms with Gasteiger partial charge < -0.3 is 10.1 Å². The zero-order chi connectivity index (χ0) is 8.55. The van der Waals surface area contributed by atoms with Crippen LogP contribution in [0, 0.1) is 6.07 Å². The largest absolute Gasteiger partial charge is 0.477 e. The fraction of sp³-hybridized carbons (Fsp3) is 0. The molecule has 0 atom stereocenters. The number of hydrogen-bond donors (Lipinski definition) is 2. The smallest absolute Gasteiger partial charge is 0.341 e. The first-order valence-corrected chi connectivity index (χ1v) is 3.50. The molecule has 0 bridgehead atoms. The van der Waals surface area contributed by atoms with Crippen LogP contribution in [-0.4, -0.2) is 16.1 Å². The minimum absolute atomic E-state index is 0. The zero-order valence-electron chi connectivity index (χ0n) is 7.32. The molecule has 0 aliphatic rings. The molecule has 2 radical (unpaired) electrons. The number of H-pyrrole nitrogens is 1. The van der Waals surface area contributed by atoms with E-state index in [2.05, 4.69) is 11.1 Å². The predicted octanol–water partition coefficient (Wildman–Crippen LogP) is 1.66. The van der Waals surface area contributed by atoms with Crippen LogP contribution >= 0.6 is 0 Å². The van der Waals surface area contributed by atoms with Gasteiger partial charge in [0, 0.05) is 65.4 Å². The first kappa shape index (κ1) is 14.4. The summed E-state index contributed by atoms with van der Waals surface area (Å²) in [7, 11) is 0. The van der Waals surface area contributed by atoms with Crippen LogP contribution in [0.25, 0.3) is 10.9 Å². The van der Waals surface area contributed by atoms with Gasteiger partial charge in [0.2, 0.25) is 0 Å². The number of fused-ring (bicyclic) bond motifs is 1. The number of carboxylic acids is 1. The summed E-state index contributed by atoms with van der Waals surface area (Å²) in [6, 6.07) is 9.88. The minimum Gasteiger partial charge on any atom is -0.477 e. The molecule has 1 aromatic heterocycles. The fourth-order valence-corrected chi connectivity index (χ4v) is 1.12. The van der Waals surface area contributed by atoms with E-state index >= 15 is 0 Å². The van der Waals surface area contributed by atoms with Crippen LogP contribution in [0.1, 0.15) is 10.5 Å². The second-order valence-electron chi connectivity index (χ2n) is 2.49. The van der Waals surface area contributed by atoms with Crippen LogP contribution in [0.5, 0.6) is 0 Å². The molecule has 2 rings (SSSR count). The van der Waals surface area contributed by atoms with Crippen molar-refractivity contribution < 1.29 is 75.3 Å². The Balaban J connectivity index is 0.000000845. The molecule has 66 valence electrons. The van der Waals surface area contributed by atoms with Crippen molar-refractivity contribution in [2.75, 3.05) is 0 Å². The molecule has 0 amide bonds. The maximum absolute atomic E-state index is 10.5. The van der Waals surface area contributed by atoms with Gasteiger partial charge in [-0.2, -0.15) is 0 Å². The first-order chi connectivity index (χ1) is 5.77. The van der Waals surface area contributed by atoms with Crippen LogP contribution < -0.4 is 0 Å². The molecule has 0 saturated carbocycles. The van der Waals surface area contributed by atoms with E-state index in [0.29, 0.717) is 0 Å². The van der Waals surface area contributed by atoms with Crippen LogP contribution in [0.2, 0.25) is 0 Å². The molecule has 0 aliphatic heterocycles. The second kappa shape index (κ2) is 6.12. The summed E-state index contributed by atoms with van der Waals surface area (Å²) in [5.74, 6) is -0.945. The number of carboxylic acid groups (broad SMARTS) is 1. The van der Waals surface area contributed by atoms with E-state index < -0.39 is 5.97 Å². The van der Waals surface area contributed by atoms with E-state index in [1.165, 1.54) is 0 Å². The molecule has 1 heterocycles. The summed E-state index contributed by atoms with van der Waals surface area (Å²) in [6.45, 7) is 0. The molecule has 1 aromatic carbocycles. The first-order valence-electron chi connectivity index (χ1n) is 3.50. The SMILES string of the molecule is O=C(O)c1cc2[c-]cccc2[nH]1.[Y].[Y]. The van der Waals surface area contributed by atoms with Crippen molar-refractivity contribution in [2.24, 2.45) is 0 Å². The Hall–Kier alpha value is 0.438. The van der Waals surface area contributed by atoms with E-state index in [1.54, 1.807) is 12.1 Å². The van der Waals surface area contributed by atoms with Crippen LogP contribution in [-0.2, 0) is 65.4 Å². The van der Waals surface area contributed by atoms with Gasteiger partial charge in [-0.15, -0.1) is 35.7 Å². The Labute approximate surface area is 131 Å². The molecular formula is C9H6NO2Y2-. The Kier molecular flexibility index (Phi) is 6.31. The molecular weight excluding hydrogens is 332 g/mol. The zero-order valence-corrected chi connectivity index (χ0v) is 13.0. The van der Waals surface area contributed by atoms with Crippen molar-refractivity contribution >= 4 is 16.9 Å². The summed E-state index contributed by atoms with van der Waals surface area (Å²) in [5.41, 5.74) is 1.00. The van der Waals surface area contributed by atoms with Crippen LogP contribution in [0.4, 0.5) is 0 Å². The standard InChI is InChI=1S/C9H6NO2.2Y/c11-9(12)8-5-6-3-1-2-4-7(6)10-8;;/h1-2,4-5,10H,(H,11,12);;/q-1;;. The molecule has 0 unspecified atom stereocenters. The van der Waals surface area contributed by atoms with Gasteiger partial charge in [0.15, 0.2) is 0 Å². The molecule has 3 nitrogen and oxygen atoms in total. The Morgan fingerprint density at radius 2 is 2.14 bits per heavy atom. The van der Waals surface area contributed by atoms with Crippen molar-refractivity contribution in [3.05, 3.63) is 36.0 Å². The van der Waals surface area contributed by atoms with Crippen molar-refractivity contribution in [2.45, 2.75) is 0 Å². The molecule has 0 aliphatic carbocycles. The number of benzene rings is 1. The predicted molar refractivity (Wildman–Crippen MR) is 44.1 cm³/mol. The third-order valence-corrected chi connectivity index (χ3v) is 1.68. The average molecular weight is 338 g/mol. The summed E-state index contributed by atoms with van der Waals surface area (Å²) in [6.07, 6.45) is 0. The normalized spacial score (nSPS) is 8.86. The van der Waals surface area contributed by atoms with Gasteiger partial charge >= 0.3 is 5.97 Å². The number of aromatic nitrogens is 1. The minimum atomic E-state index is -0.945. The van der Waals surface area contributed by atoms with E-state index in [-0.39, 0.29) is 71.1 Å². The Morgan fingerprint density at radius 3 is 2.71 bits per heavy atom. The Bertz CT molecular complexity index is 406. The average Bonchev–Trinajstić information content (AvgIpc) is 2.46. The van der Waals surface area contributed by atoms with Crippen molar-refractivity contribution in [1.29, 1.82) is 0 Å². The number of rotatable bonds is 1. The monoisotopic (exact) mass is 338 g/mol. The van der Waals surface area contributed by atoms with Crippen molar-refractivity contribution in [1.82, 2.24) is 4.98 Å². The van der Waals surface area contributed by atoms with Crippen LogP contribution in [0.15, 0.2) is 24.3 Å². The maximum Gasteiger partial charge on any atom is 0.341 e. The van der Waals surface area contributed by atoms with Crippen molar-refractivity contribution in [3.8, 4) is 0 Å². The number of carbonyl (C=O) groups is 1. The van der Waals surface area contributed by atoms with Crippen molar-refractivity contribution in [3.63, 3.8) is 0 Å². The number of nitrogens with one attached hydrogen (secondary N) is 1. The van der Waals surface area contributed by atoms with E-state index in [0.717, 1.165) is 10.9 Å². The molecule has 2 aromatic rings. The third-order valence-electron chi connectivity index (χ3n) is 1.68. The van der Waals surface area contributed by atoms with Gasteiger partial charge in [-0.1, -0.05) is 0 Å². The number of hydrogen-bond acceptors (Lipinski definition) is 1. The molecule has 14 heavy (non-hydrogen) atoms.